The first kappa shape index (κ1) is 41.5. The summed E-state index contributed by atoms with van der Waals surface area (Å²) in [5.74, 6) is 0. The molecule has 0 unspecified atom stereocenters. The van der Waals surface area contributed by atoms with Gasteiger partial charge in [-0.1, -0.05) is 0 Å². The molecule has 13 nitrogen and oxygen atoms in total. The van der Waals surface area contributed by atoms with E-state index in [-0.39, 0.29) is 6.10 Å². The maximum atomic E-state index is 5.48. The third kappa shape index (κ3) is 39.5. The number of hydrogen-bond donors (Lipinski definition) is 0. The van der Waals surface area contributed by atoms with E-state index in [4.69, 9.17) is 56.8 Å². The predicted octanol–water partition coefficient (Wildman–Crippen LogP) is 1.16. The Balaban J connectivity index is 3.04. The Hall–Kier alpha value is -0.520. The largest absolute Gasteiger partial charge is 0.378 e. The van der Waals surface area contributed by atoms with Crippen LogP contribution in [0.1, 0.15) is 13.8 Å². The van der Waals surface area contributed by atoms with Crippen LogP contribution in [-0.2, 0) is 56.8 Å². The zero-order valence-electron chi connectivity index (χ0n) is 26.9. The molecule has 0 aromatic carbocycles. The minimum absolute atomic E-state index is 0.233. The Morgan fingerprint density at radius 2 is 0.500 bits per heavy atom. The minimum atomic E-state index is 0.233. The lowest BCUT2D eigenvalue weighted by Crippen LogP contribution is -2.19. The molecule has 0 fully saturated rings. The van der Waals surface area contributed by atoms with Gasteiger partial charge in [0.05, 0.1) is 158 Å². The molecule has 0 atom stereocenters. The molecular formula is C29H61NO12. The molecule has 0 aliphatic heterocycles. The summed E-state index contributed by atoms with van der Waals surface area (Å²) in [6.45, 7) is 17.6. The van der Waals surface area contributed by atoms with E-state index in [1.165, 1.54) is 0 Å². The van der Waals surface area contributed by atoms with E-state index in [1.54, 1.807) is 0 Å². The molecule has 0 saturated carbocycles. The maximum Gasteiger partial charge on any atom is 0.0703 e. The van der Waals surface area contributed by atoms with Gasteiger partial charge in [-0.15, -0.1) is 0 Å². The van der Waals surface area contributed by atoms with Crippen molar-refractivity contribution in [2.45, 2.75) is 20.0 Å². The zero-order chi connectivity index (χ0) is 30.6. The van der Waals surface area contributed by atoms with Crippen LogP contribution >= 0.6 is 0 Å². The van der Waals surface area contributed by atoms with Gasteiger partial charge in [0.2, 0.25) is 0 Å². The molecule has 0 aliphatic carbocycles. The van der Waals surface area contributed by atoms with Gasteiger partial charge in [0.15, 0.2) is 0 Å². The van der Waals surface area contributed by atoms with Crippen molar-refractivity contribution in [2.24, 2.45) is 0 Å². The van der Waals surface area contributed by atoms with Crippen molar-refractivity contribution in [3.8, 4) is 0 Å². The molecule has 0 amide bonds. The smallest absolute Gasteiger partial charge is 0.0703 e. The average Bonchev–Trinajstić information content (AvgIpc) is 2.96. The molecule has 0 aromatic heterocycles. The summed E-state index contributed by atoms with van der Waals surface area (Å²) < 4.78 is 65.4. The average molecular weight is 616 g/mol. The van der Waals surface area contributed by atoms with Gasteiger partial charge in [0.1, 0.15) is 0 Å². The lowest BCUT2D eigenvalue weighted by atomic mass is 10.5. The van der Waals surface area contributed by atoms with Crippen LogP contribution in [0.3, 0.4) is 0 Å². The number of rotatable bonds is 37. The first-order valence-corrected chi connectivity index (χ1v) is 15.2. The number of nitrogens with zero attached hydrogens (tertiary/aromatic N) is 1. The van der Waals surface area contributed by atoms with Gasteiger partial charge in [-0.2, -0.15) is 0 Å². The van der Waals surface area contributed by atoms with Crippen molar-refractivity contribution in [1.82, 2.24) is 4.90 Å². The molecule has 13 heteroatoms. The van der Waals surface area contributed by atoms with Gasteiger partial charge in [0.25, 0.3) is 0 Å². The molecular weight excluding hydrogens is 554 g/mol. The highest BCUT2D eigenvalue weighted by Gasteiger charge is 1.97. The summed E-state index contributed by atoms with van der Waals surface area (Å²) in [6.07, 6.45) is 0.233. The van der Waals surface area contributed by atoms with Gasteiger partial charge < -0.3 is 61.7 Å². The minimum Gasteiger partial charge on any atom is -0.378 e. The summed E-state index contributed by atoms with van der Waals surface area (Å²) in [6, 6.07) is 0. The lowest BCUT2D eigenvalue weighted by molar-refractivity contribution is -0.0293. The first-order valence-electron chi connectivity index (χ1n) is 15.2. The molecule has 42 heavy (non-hydrogen) atoms. The van der Waals surface area contributed by atoms with Crippen LogP contribution in [0.25, 0.3) is 0 Å². The second kappa shape index (κ2) is 36.7. The molecule has 0 bridgehead atoms. The van der Waals surface area contributed by atoms with Crippen molar-refractivity contribution < 1.29 is 56.8 Å². The van der Waals surface area contributed by atoms with E-state index >= 15 is 0 Å². The maximum absolute atomic E-state index is 5.48. The highest BCUT2D eigenvalue weighted by Crippen LogP contribution is 1.89. The molecule has 0 rings (SSSR count). The number of likely N-dealkylation sites (N-methyl/N-ethyl adjacent to an activating group) is 1. The van der Waals surface area contributed by atoms with Gasteiger partial charge >= 0.3 is 0 Å². The van der Waals surface area contributed by atoms with E-state index in [2.05, 4.69) is 4.90 Å². The van der Waals surface area contributed by atoms with E-state index in [9.17, 15) is 0 Å². The molecule has 0 aromatic rings. The molecule has 0 heterocycles. The van der Waals surface area contributed by atoms with Crippen LogP contribution in [0.5, 0.6) is 0 Å². The van der Waals surface area contributed by atoms with E-state index in [1.807, 2.05) is 27.9 Å². The van der Waals surface area contributed by atoms with Gasteiger partial charge in [0, 0.05) is 6.54 Å². The van der Waals surface area contributed by atoms with Gasteiger partial charge in [-0.05, 0) is 27.9 Å². The molecule has 0 saturated heterocycles. The summed E-state index contributed by atoms with van der Waals surface area (Å²) in [5.41, 5.74) is 0. The third-order valence-electron chi connectivity index (χ3n) is 5.08. The zero-order valence-corrected chi connectivity index (χ0v) is 26.9. The molecule has 254 valence electrons. The lowest BCUT2D eigenvalue weighted by Gasteiger charge is -2.10. The van der Waals surface area contributed by atoms with Gasteiger partial charge in [-0.25, -0.2) is 0 Å². The van der Waals surface area contributed by atoms with Crippen molar-refractivity contribution >= 4 is 0 Å². The SMILES string of the molecule is CC(C)OCCOCCOCCOCCOCCOCCOCCOCCOCCOCCOCCOCCN(C)C. The summed E-state index contributed by atoms with van der Waals surface area (Å²) in [4.78, 5) is 2.08. The molecule has 0 N–H and O–H groups in total. The van der Waals surface area contributed by atoms with E-state index in [0.717, 1.165) is 13.2 Å². The summed E-state index contributed by atoms with van der Waals surface area (Å²) in [5, 5.41) is 0. The van der Waals surface area contributed by atoms with Crippen molar-refractivity contribution in [2.75, 3.05) is 173 Å². The van der Waals surface area contributed by atoms with E-state index < -0.39 is 0 Å². The van der Waals surface area contributed by atoms with Gasteiger partial charge in [-0.3, -0.25) is 0 Å². The molecule has 0 spiro atoms. The third-order valence-corrected chi connectivity index (χ3v) is 5.08. The molecule has 0 aliphatic rings. The van der Waals surface area contributed by atoms with Crippen LogP contribution in [0.2, 0.25) is 0 Å². The fraction of sp³-hybridized carbons (Fsp3) is 1.00. The first-order chi connectivity index (χ1) is 20.6. The highest BCUT2D eigenvalue weighted by molar-refractivity contribution is 4.41. The second-order valence-electron chi connectivity index (χ2n) is 9.46. The Morgan fingerprint density at radius 3 is 0.690 bits per heavy atom. The van der Waals surface area contributed by atoms with Crippen LogP contribution in [-0.4, -0.2) is 184 Å². The monoisotopic (exact) mass is 615 g/mol. The molecule has 0 radical (unpaired) electrons. The predicted molar refractivity (Wildman–Crippen MR) is 159 cm³/mol. The fourth-order valence-electron chi connectivity index (χ4n) is 2.89. The Kier molecular flexibility index (Phi) is 36.2. The van der Waals surface area contributed by atoms with E-state index in [0.29, 0.717) is 145 Å². The van der Waals surface area contributed by atoms with Crippen molar-refractivity contribution in [3.05, 3.63) is 0 Å². The fourth-order valence-corrected chi connectivity index (χ4v) is 2.89. The highest BCUT2D eigenvalue weighted by atomic mass is 16.6. The summed E-state index contributed by atoms with van der Waals surface area (Å²) >= 11 is 0. The Bertz CT molecular complexity index is 450. The van der Waals surface area contributed by atoms with Crippen LogP contribution in [0, 0.1) is 0 Å². The summed E-state index contributed by atoms with van der Waals surface area (Å²) in [7, 11) is 4.04. The quantitative estimate of drug-likeness (QED) is 0.0933. The normalized spacial score (nSPS) is 11.9. The Labute approximate surface area is 254 Å². The van der Waals surface area contributed by atoms with Crippen LogP contribution in [0.15, 0.2) is 0 Å². The van der Waals surface area contributed by atoms with Crippen molar-refractivity contribution in [3.63, 3.8) is 0 Å². The Morgan fingerprint density at radius 1 is 0.310 bits per heavy atom. The number of hydrogen-bond acceptors (Lipinski definition) is 13. The standard InChI is InChI=1S/C29H61NO12/c1-29(2)42-28-27-41-26-25-40-24-23-39-22-21-38-20-19-37-18-17-36-16-15-35-14-13-34-12-11-33-10-9-32-8-7-31-6-5-30(3)4/h29H,5-28H2,1-4H3. The second-order valence-corrected chi connectivity index (χ2v) is 9.46. The topological polar surface area (TPSA) is 114 Å². The number of ether oxygens (including phenoxy) is 12. The van der Waals surface area contributed by atoms with Crippen LogP contribution < -0.4 is 0 Å². The van der Waals surface area contributed by atoms with Crippen LogP contribution in [0.4, 0.5) is 0 Å². The van der Waals surface area contributed by atoms with Crippen molar-refractivity contribution in [1.29, 1.82) is 0 Å².